The highest BCUT2D eigenvalue weighted by Gasteiger charge is 2.42. The predicted octanol–water partition coefficient (Wildman–Crippen LogP) is 2.01. The number of nitrogens with zero attached hydrogens (tertiary/aromatic N) is 5. The molecular formula is C20H27N5O3. The molecule has 0 bridgehead atoms. The molecule has 2 saturated heterocycles. The first-order chi connectivity index (χ1) is 13.6. The summed E-state index contributed by atoms with van der Waals surface area (Å²) in [5.74, 6) is 1.89. The molecule has 0 aromatic carbocycles. The number of likely N-dealkylation sites (N-methyl/N-ethyl adjacent to an activating group) is 1. The van der Waals surface area contributed by atoms with Gasteiger partial charge in [0.25, 0.3) is 0 Å². The van der Waals surface area contributed by atoms with Gasteiger partial charge in [-0.2, -0.15) is 4.98 Å². The van der Waals surface area contributed by atoms with Crippen LogP contribution in [0, 0.1) is 0 Å². The zero-order chi connectivity index (χ0) is 19.6. The summed E-state index contributed by atoms with van der Waals surface area (Å²) in [6.45, 7) is 8.55. The van der Waals surface area contributed by atoms with Gasteiger partial charge in [-0.05, 0) is 32.0 Å². The highest BCUT2D eigenvalue weighted by atomic mass is 16.5. The molecule has 8 nitrogen and oxygen atoms in total. The fraction of sp³-hybridized carbons (Fsp3) is 0.550. The van der Waals surface area contributed by atoms with Gasteiger partial charge in [0.2, 0.25) is 17.6 Å². The second-order valence-corrected chi connectivity index (χ2v) is 7.72. The second kappa shape index (κ2) is 7.89. The summed E-state index contributed by atoms with van der Waals surface area (Å²) in [7, 11) is 2.17. The van der Waals surface area contributed by atoms with Gasteiger partial charge >= 0.3 is 0 Å². The minimum Gasteiger partial charge on any atom is -0.461 e. The Morgan fingerprint density at radius 1 is 1.32 bits per heavy atom. The number of carbonyl (C=O) groups is 1. The van der Waals surface area contributed by atoms with Crippen molar-refractivity contribution in [1.29, 1.82) is 0 Å². The van der Waals surface area contributed by atoms with Crippen LogP contribution in [-0.4, -0.2) is 76.1 Å². The SMILES string of the molecule is C=CCN1CC[C@]2(CCC1=O)CN(Cc1nc(-c3ccco3)no1)CCN2C. The molecule has 0 aliphatic carbocycles. The molecule has 2 aromatic rings. The normalized spacial score (nSPS) is 24.6. The smallest absolute Gasteiger partial charge is 0.241 e. The Morgan fingerprint density at radius 3 is 3.00 bits per heavy atom. The molecule has 1 spiro atoms. The minimum atomic E-state index is -0.00626. The van der Waals surface area contributed by atoms with Gasteiger partial charge < -0.3 is 13.8 Å². The van der Waals surface area contributed by atoms with Crippen LogP contribution in [0.3, 0.4) is 0 Å². The van der Waals surface area contributed by atoms with Gasteiger partial charge in [0.05, 0.1) is 12.8 Å². The first-order valence-electron chi connectivity index (χ1n) is 9.78. The van der Waals surface area contributed by atoms with Crippen molar-refractivity contribution < 1.29 is 13.7 Å². The molecule has 28 heavy (non-hydrogen) atoms. The third-order valence-electron chi connectivity index (χ3n) is 6.00. The number of furan rings is 1. The maximum Gasteiger partial charge on any atom is 0.241 e. The lowest BCUT2D eigenvalue weighted by Crippen LogP contribution is -2.60. The lowest BCUT2D eigenvalue weighted by Gasteiger charge is -2.49. The van der Waals surface area contributed by atoms with Crippen molar-refractivity contribution in [2.24, 2.45) is 0 Å². The lowest BCUT2D eigenvalue weighted by molar-refractivity contribution is -0.130. The largest absolute Gasteiger partial charge is 0.461 e. The highest BCUT2D eigenvalue weighted by molar-refractivity contribution is 5.76. The van der Waals surface area contributed by atoms with Gasteiger partial charge in [-0.3, -0.25) is 14.6 Å². The third kappa shape index (κ3) is 3.74. The Kier molecular flexibility index (Phi) is 5.32. The van der Waals surface area contributed by atoms with Crippen LogP contribution >= 0.6 is 0 Å². The molecule has 2 aliphatic heterocycles. The topological polar surface area (TPSA) is 78.9 Å². The molecule has 150 valence electrons. The fourth-order valence-corrected chi connectivity index (χ4v) is 4.28. The number of aromatic nitrogens is 2. The van der Waals surface area contributed by atoms with Crippen molar-refractivity contribution in [3.05, 3.63) is 36.9 Å². The second-order valence-electron chi connectivity index (χ2n) is 7.72. The molecule has 2 aromatic heterocycles. The number of likely N-dealkylation sites (tertiary alicyclic amines) is 1. The number of piperazine rings is 1. The molecule has 2 aliphatic rings. The van der Waals surface area contributed by atoms with Crippen LogP contribution in [0.1, 0.15) is 25.2 Å². The van der Waals surface area contributed by atoms with Crippen LogP contribution in [0.4, 0.5) is 0 Å². The first kappa shape index (κ1) is 18.9. The molecule has 0 radical (unpaired) electrons. The molecule has 1 atom stereocenters. The Balaban J connectivity index is 1.44. The standard InChI is InChI=1S/C20H27N5O3/c1-3-9-25-10-8-20(7-6-18(25)26)15-24(12-11-23(20)2)14-17-21-19(22-28-17)16-5-4-13-27-16/h3-5,13H,1,6-12,14-15H2,2H3/t20-/m1/s1. The van der Waals surface area contributed by atoms with Crippen LogP contribution in [0.5, 0.6) is 0 Å². The van der Waals surface area contributed by atoms with Crippen molar-refractivity contribution in [1.82, 2.24) is 24.8 Å². The third-order valence-corrected chi connectivity index (χ3v) is 6.00. The summed E-state index contributed by atoms with van der Waals surface area (Å²) in [6, 6.07) is 3.62. The number of hydrogen-bond acceptors (Lipinski definition) is 7. The maximum atomic E-state index is 12.4. The quantitative estimate of drug-likeness (QED) is 0.729. The number of rotatable bonds is 5. The van der Waals surface area contributed by atoms with E-state index in [-0.39, 0.29) is 11.4 Å². The monoisotopic (exact) mass is 385 g/mol. The van der Waals surface area contributed by atoms with Crippen LogP contribution in [0.2, 0.25) is 0 Å². The molecule has 8 heteroatoms. The van der Waals surface area contributed by atoms with E-state index in [0.717, 1.165) is 39.0 Å². The van der Waals surface area contributed by atoms with E-state index in [2.05, 4.69) is 33.6 Å². The molecule has 4 rings (SSSR count). The van der Waals surface area contributed by atoms with Crippen molar-refractivity contribution in [2.45, 2.75) is 31.3 Å². The molecule has 1 amide bonds. The first-order valence-corrected chi connectivity index (χ1v) is 9.78. The van der Waals surface area contributed by atoms with Gasteiger partial charge in [-0.25, -0.2) is 0 Å². The Labute approximate surface area is 164 Å². The number of carbonyl (C=O) groups excluding carboxylic acids is 1. The average Bonchev–Trinajstić information content (AvgIpc) is 3.35. The van der Waals surface area contributed by atoms with Crippen molar-refractivity contribution >= 4 is 5.91 Å². The van der Waals surface area contributed by atoms with E-state index in [1.54, 1.807) is 18.4 Å². The molecule has 0 unspecified atom stereocenters. The number of amides is 1. The van der Waals surface area contributed by atoms with E-state index >= 15 is 0 Å². The van der Waals surface area contributed by atoms with Crippen molar-refractivity contribution in [3.8, 4) is 11.6 Å². The summed E-state index contributed by atoms with van der Waals surface area (Å²) in [6.07, 6.45) is 5.81. The van der Waals surface area contributed by atoms with Crippen LogP contribution in [-0.2, 0) is 11.3 Å². The van der Waals surface area contributed by atoms with Gasteiger partial charge in [0.1, 0.15) is 0 Å². The number of hydrogen-bond donors (Lipinski definition) is 0. The van der Waals surface area contributed by atoms with Crippen LogP contribution < -0.4 is 0 Å². The summed E-state index contributed by atoms with van der Waals surface area (Å²) in [4.78, 5) is 23.6. The summed E-state index contributed by atoms with van der Waals surface area (Å²) in [5, 5.41) is 4.02. The van der Waals surface area contributed by atoms with Gasteiger partial charge in [-0.15, -0.1) is 6.58 Å². The highest BCUT2D eigenvalue weighted by Crippen LogP contribution is 2.32. The van der Waals surface area contributed by atoms with E-state index in [9.17, 15) is 4.79 Å². The average molecular weight is 385 g/mol. The summed E-state index contributed by atoms with van der Waals surface area (Å²) < 4.78 is 10.8. The zero-order valence-electron chi connectivity index (χ0n) is 16.3. The Hall–Kier alpha value is -2.45. The Bertz CT molecular complexity index is 818. The van der Waals surface area contributed by atoms with Gasteiger partial charge in [-0.1, -0.05) is 11.2 Å². The van der Waals surface area contributed by atoms with E-state index in [1.807, 2.05) is 11.0 Å². The van der Waals surface area contributed by atoms with E-state index in [1.165, 1.54) is 0 Å². The van der Waals surface area contributed by atoms with Crippen molar-refractivity contribution in [2.75, 3.05) is 39.8 Å². The van der Waals surface area contributed by atoms with Crippen LogP contribution in [0.15, 0.2) is 40.0 Å². The van der Waals surface area contributed by atoms with Gasteiger partial charge in [0, 0.05) is 44.7 Å². The Morgan fingerprint density at radius 2 is 2.21 bits per heavy atom. The molecule has 2 fully saturated rings. The predicted molar refractivity (Wildman–Crippen MR) is 103 cm³/mol. The fourth-order valence-electron chi connectivity index (χ4n) is 4.28. The summed E-state index contributed by atoms with van der Waals surface area (Å²) >= 11 is 0. The van der Waals surface area contributed by atoms with E-state index < -0.39 is 0 Å². The van der Waals surface area contributed by atoms with E-state index in [4.69, 9.17) is 8.94 Å². The molecule has 4 heterocycles. The van der Waals surface area contributed by atoms with E-state index in [0.29, 0.717) is 37.0 Å². The van der Waals surface area contributed by atoms with Gasteiger partial charge in [0.15, 0.2) is 5.76 Å². The maximum absolute atomic E-state index is 12.4. The zero-order valence-corrected chi connectivity index (χ0v) is 16.3. The van der Waals surface area contributed by atoms with Crippen LogP contribution in [0.25, 0.3) is 11.6 Å². The minimum absolute atomic E-state index is 0.00626. The molecule has 0 N–H and O–H groups in total. The lowest BCUT2D eigenvalue weighted by atomic mass is 9.86. The molecular weight excluding hydrogens is 358 g/mol. The van der Waals surface area contributed by atoms with Crippen molar-refractivity contribution in [3.63, 3.8) is 0 Å². The molecule has 0 saturated carbocycles. The summed E-state index contributed by atoms with van der Waals surface area (Å²) in [5.41, 5.74) is -0.00626.